The summed E-state index contributed by atoms with van der Waals surface area (Å²) in [5, 5.41) is 8.68. The molecule has 0 spiro atoms. The van der Waals surface area contributed by atoms with Gasteiger partial charge in [-0.15, -0.1) is 0 Å². The third kappa shape index (κ3) is 6.76. The first-order valence-corrected chi connectivity index (χ1v) is 11.8. The first-order valence-electron chi connectivity index (χ1n) is 11.8. The highest BCUT2D eigenvalue weighted by Crippen LogP contribution is 2.22. The lowest BCUT2D eigenvalue weighted by atomic mass is 10.1. The van der Waals surface area contributed by atoms with Crippen LogP contribution in [0.3, 0.4) is 0 Å². The zero-order chi connectivity index (χ0) is 27.1. The standard InChI is InChI=1S/C30H26FN5O2/c1-4-29(37)35-24-10-5-7-21(13-24)14-28-32-17-26(18-33-28)36-30(38)27-16-25(12-11-19(27)2)34-20(3)22-8-6-9-23(31)15-22/h4-13,15-18,34H,1,3,14H2,2H3,(H,35,37)(H,36,38). The first-order chi connectivity index (χ1) is 18.3. The highest BCUT2D eigenvalue weighted by molar-refractivity contribution is 6.06. The molecule has 0 saturated heterocycles. The summed E-state index contributed by atoms with van der Waals surface area (Å²) in [6, 6.07) is 18.8. The third-order valence-corrected chi connectivity index (χ3v) is 5.66. The SMILES string of the molecule is C=CC(=O)Nc1cccc(Cc2ncc(NC(=O)c3cc(NC(=C)c4cccc(F)c4)ccc3C)cn2)c1. The van der Waals surface area contributed by atoms with Gasteiger partial charge in [-0.2, -0.15) is 0 Å². The predicted molar refractivity (Wildman–Crippen MR) is 148 cm³/mol. The Hall–Kier alpha value is -5.11. The molecule has 0 unspecified atom stereocenters. The van der Waals surface area contributed by atoms with Crippen LogP contribution in [-0.4, -0.2) is 21.8 Å². The van der Waals surface area contributed by atoms with E-state index in [1.54, 1.807) is 36.7 Å². The van der Waals surface area contributed by atoms with E-state index in [1.165, 1.54) is 18.2 Å². The van der Waals surface area contributed by atoms with Gasteiger partial charge in [-0.1, -0.05) is 43.5 Å². The van der Waals surface area contributed by atoms with Crippen LogP contribution in [-0.2, 0) is 11.2 Å². The average Bonchev–Trinajstić information content (AvgIpc) is 2.91. The fraction of sp³-hybridized carbons (Fsp3) is 0.0667. The van der Waals surface area contributed by atoms with Crippen molar-refractivity contribution in [2.75, 3.05) is 16.0 Å². The number of benzene rings is 3. The van der Waals surface area contributed by atoms with Gasteiger partial charge in [0.1, 0.15) is 11.6 Å². The number of aryl methyl sites for hydroxylation is 1. The first kappa shape index (κ1) is 26.0. The maximum atomic E-state index is 13.6. The summed E-state index contributed by atoms with van der Waals surface area (Å²) < 4.78 is 13.6. The van der Waals surface area contributed by atoms with E-state index in [0.717, 1.165) is 11.1 Å². The minimum absolute atomic E-state index is 0.286. The molecule has 3 N–H and O–H groups in total. The van der Waals surface area contributed by atoms with E-state index in [9.17, 15) is 14.0 Å². The van der Waals surface area contributed by atoms with Crippen molar-refractivity contribution < 1.29 is 14.0 Å². The van der Waals surface area contributed by atoms with E-state index < -0.39 is 0 Å². The van der Waals surface area contributed by atoms with E-state index in [-0.39, 0.29) is 17.6 Å². The van der Waals surface area contributed by atoms with Crippen LogP contribution in [0.4, 0.5) is 21.5 Å². The van der Waals surface area contributed by atoms with Crippen molar-refractivity contribution >= 4 is 34.6 Å². The van der Waals surface area contributed by atoms with Crippen LogP contribution in [0.2, 0.25) is 0 Å². The normalized spacial score (nSPS) is 10.4. The lowest BCUT2D eigenvalue weighted by Crippen LogP contribution is -2.14. The van der Waals surface area contributed by atoms with Crippen LogP contribution in [0.5, 0.6) is 0 Å². The highest BCUT2D eigenvalue weighted by atomic mass is 19.1. The zero-order valence-electron chi connectivity index (χ0n) is 20.8. The lowest BCUT2D eigenvalue weighted by molar-refractivity contribution is -0.111. The number of nitrogens with one attached hydrogen (secondary N) is 3. The number of carbonyl (C=O) groups is 2. The Morgan fingerprint density at radius 3 is 2.37 bits per heavy atom. The molecule has 0 fully saturated rings. The van der Waals surface area contributed by atoms with E-state index in [4.69, 9.17) is 0 Å². The van der Waals surface area contributed by atoms with Gasteiger partial charge in [0.25, 0.3) is 5.91 Å². The van der Waals surface area contributed by atoms with Crippen LogP contribution in [0.1, 0.15) is 32.9 Å². The van der Waals surface area contributed by atoms with E-state index in [0.29, 0.717) is 46.1 Å². The van der Waals surface area contributed by atoms with Crippen molar-refractivity contribution in [2.45, 2.75) is 13.3 Å². The van der Waals surface area contributed by atoms with Crippen molar-refractivity contribution in [3.8, 4) is 0 Å². The van der Waals surface area contributed by atoms with Gasteiger partial charge in [0.05, 0.1) is 18.1 Å². The average molecular weight is 508 g/mol. The number of hydrogen-bond donors (Lipinski definition) is 3. The van der Waals surface area contributed by atoms with Crippen LogP contribution in [0, 0.1) is 12.7 Å². The van der Waals surface area contributed by atoms with Gasteiger partial charge in [0.2, 0.25) is 5.91 Å². The second-order valence-electron chi connectivity index (χ2n) is 8.56. The zero-order valence-corrected chi connectivity index (χ0v) is 20.8. The molecule has 3 aromatic carbocycles. The Bertz CT molecular complexity index is 1520. The molecule has 0 radical (unpaired) electrons. The number of hydrogen-bond acceptors (Lipinski definition) is 5. The van der Waals surface area contributed by atoms with Crippen LogP contribution in [0.25, 0.3) is 5.70 Å². The van der Waals surface area contributed by atoms with E-state index >= 15 is 0 Å². The van der Waals surface area contributed by atoms with Crippen molar-refractivity contribution in [3.05, 3.63) is 132 Å². The summed E-state index contributed by atoms with van der Waals surface area (Å²) >= 11 is 0. The molecule has 0 bridgehead atoms. The Morgan fingerprint density at radius 1 is 0.895 bits per heavy atom. The van der Waals surface area contributed by atoms with Gasteiger partial charge in [-0.05, 0) is 60.5 Å². The number of rotatable bonds is 9. The van der Waals surface area contributed by atoms with Gasteiger partial charge in [0, 0.05) is 34.6 Å². The number of aromatic nitrogens is 2. The summed E-state index contributed by atoms with van der Waals surface area (Å²) in [7, 11) is 0. The minimum atomic E-state index is -0.354. The molecule has 2 amide bonds. The number of halogens is 1. The van der Waals surface area contributed by atoms with Gasteiger partial charge in [-0.3, -0.25) is 9.59 Å². The summed E-state index contributed by atoms with van der Waals surface area (Å²) in [5.74, 6) is -0.391. The van der Waals surface area contributed by atoms with Gasteiger partial charge < -0.3 is 16.0 Å². The molecular formula is C30H26FN5O2. The summed E-state index contributed by atoms with van der Waals surface area (Å²) in [5.41, 5.74) is 5.04. The second kappa shape index (κ2) is 11.7. The van der Waals surface area contributed by atoms with Gasteiger partial charge in [-0.25, -0.2) is 14.4 Å². The fourth-order valence-corrected chi connectivity index (χ4v) is 3.71. The Kier molecular flexibility index (Phi) is 8.03. The van der Waals surface area contributed by atoms with Crippen molar-refractivity contribution in [2.24, 2.45) is 0 Å². The quantitative estimate of drug-likeness (QED) is 0.243. The fourth-order valence-electron chi connectivity index (χ4n) is 3.71. The second-order valence-corrected chi connectivity index (χ2v) is 8.56. The molecule has 0 aliphatic carbocycles. The molecule has 7 nitrogen and oxygen atoms in total. The third-order valence-electron chi connectivity index (χ3n) is 5.66. The summed E-state index contributed by atoms with van der Waals surface area (Å²) in [4.78, 5) is 33.3. The van der Waals surface area contributed by atoms with Gasteiger partial charge >= 0.3 is 0 Å². The topological polar surface area (TPSA) is 96.0 Å². The van der Waals surface area contributed by atoms with Crippen LogP contribution >= 0.6 is 0 Å². The van der Waals surface area contributed by atoms with Crippen LogP contribution < -0.4 is 16.0 Å². The molecule has 38 heavy (non-hydrogen) atoms. The van der Waals surface area contributed by atoms with Crippen molar-refractivity contribution in [1.29, 1.82) is 0 Å². The largest absolute Gasteiger partial charge is 0.356 e. The Morgan fingerprint density at radius 2 is 1.63 bits per heavy atom. The predicted octanol–water partition coefficient (Wildman–Crippen LogP) is 5.97. The van der Waals surface area contributed by atoms with E-state index in [2.05, 4.69) is 39.1 Å². The van der Waals surface area contributed by atoms with E-state index in [1.807, 2.05) is 37.3 Å². The number of nitrogens with zero attached hydrogens (tertiary/aromatic N) is 2. The molecule has 0 aliphatic rings. The molecule has 4 aromatic rings. The maximum absolute atomic E-state index is 13.6. The molecule has 4 rings (SSSR count). The number of anilines is 3. The number of carbonyl (C=O) groups excluding carboxylic acids is 2. The summed E-state index contributed by atoms with van der Waals surface area (Å²) in [6.07, 6.45) is 4.76. The molecule has 8 heteroatoms. The highest BCUT2D eigenvalue weighted by Gasteiger charge is 2.12. The van der Waals surface area contributed by atoms with Crippen molar-refractivity contribution in [3.63, 3.8) is 0 Å². The molecule has 0 atom stereocenters. The smallest absolute Gasteiger partial charge is 0.256 e. The van der Waals surface area contributed by atoms with Gasteiger partial charge in [0.15, 0.2) is 0 Å². The minimum Gasteiger partial charge on any atom is -0.356 e. The Balaban J connectivity index is 1.41. The van der Waals surface area contributed by atoms with Crippen molar-refractivity contribution in [1.82, 2.24) is 9.97 Å². The molecule has 1 heterocycles. The molecule has 0 aliphatic heterocycles. The lowest BCUT2D eigenvalue weighted by Gasteiger charge is -2.13. The molecule has 0 saturated carbocycles. The molecule has 1 aromatic heterocycles. The number of amides is 2. The maximum Gasteiger partial charge on any atom is 0.256 e. The monoisotopic (exact) mass is 507 g/mol. The van der Waals surface area contributed by atoms with Crippen LogP contribution in [0.15, 0.2) is 98.4 Å². The Labute approximate surface area is 220 Å². The molecular weight excluding hydrogens is 481 g/mol. The molecule has 190 valence electrons. The summed E-state index contributed by atoms with van der Waals surface area (Å²) in [6.45, 7) is 9.26.